The number of Topliss-reactive ketones (excluding diaryl/α,β-unsaturated/α-hetero) is 1. The Morgan fingerprint density at radius 3 is 2.85 bits per heavy atom. The minimum Gasteiger partial charge on any atom is -0.465 e. The first kappa shape index (κ1) is 22.4. The fraction of sp³-hybridized carbons (Fsp3) is 0.458. The van der Waals surface area contributed by atoms with Gasteiger partial charge < -0.3 is 14.0 Å². The fourth-order valence-electron chi connectivity index (χ4n) is 4.93. The minimum atomic E-state index is -0.847. The number of ether oxygens (including phenoxy) is 2. The third kappa shape index (κ3) is 3.86. The topological polar surface area (TPSA) is 75.3 Å². The van der Waals surface area contributed by atoms with Crippen molar-refractivity contribution in [3.63, 3.8) is 0 Å². The number of fused-ring (bicyclic) bond motifs is 3. The molecule has 7 nitrogen and oxygen atoms in total. The molecular weight excluding hydrogens is 465 g/mol. The number of benzene rings is 1. The molecule has 9 heteroatoms. The highest BCUT2D eigenvalue weighted by molar-refractivity contribution is 6.45. The van der Waals surface area contributed by atoms with Crippen LogP contribution in [0.3, 0.4) is 0 Å². The fourth-order valence-corrected chi connectivity index (χ4v) is 5.35. The molecule has 2 unspecified atom stereocenters. The SMILES string of the molecule is CCOC(=O)C1CCCn2c(c(-c3cnn(C4CCCCO4)c3)c3ccc(Cl)c(Cl)c32)C1=O. The zero-order chi connectivity index (χ0) is 23.1. The van der Waals surface area contributed by atoms with Gasteiger partial charge in [0.2, 0.25) is 0 Å². The lowest BCUT2D eigenvalue weighted by atomic mass is 9.93. The Kier molecular flexibility index (Phi) is 6.20. The summed E-state index contributed by atoms with van der Waals surface area (Å²) in [6, 6.07) is 3.61. The third-order valence-corrected chi connectivity index (χ3v) is 7.25. The average Bonchev–Trinajstić information content (AvgIpc) is 3.38. The zero-order valence-corrected chi connectivity index (χ0v) is 19.9. The van der Waals surface area contributed by atoms with Gasteiger partial charge in [0.1, 0.15) is 12.1 Å². The van der Waals surface area contributed by atoms with Crippen molar-refractivity contribution < 1.29 is 19.1 Å². The Bertz CT molecular complexity index is 1230. The van der Waals surface area contributed by atoms with Crippen LogP contribution in [0.4, 0.5) is 0 Å². The summed E-state index contributed by atoms with van der Waals surface area (Å²) in [6.07, 6.45) is 7.61. The molecule has 2 aromatic heterocycles. The largest absolute Gasteiger partial charge is 0.465 e. The standard InChI is InChI=1S/C24H25Cl2N3O4/c1-2-32-24(31)16-6-5-10-28-21-15(8-9-17(25)20(21)26)19(22(28)23(16)30)14-12-27-29(13-14)18-7-3-4-11-33-18/h8-9,12-13,16,18H,2-7,10-11H2,1H3. The Balaban J connectivity index is 1.70. The van der Waals surface area contributed by atoms with Crippen molar-refractivity contribution in [3.8, 4) is 11.1 Å². The first-order chi connectivity index (χ1) is 16.0. The van der Waals surface area contributed by atoms with E-state index in [0.717, 1.165) is 30.2 Å². The summed E-state index contributed by atoms with van der Waals surface area (Å²) in [5.41, 5.74) is 2.65. The Morgan fingerprint density at radius 1 is 1.24 bits per heavy atom. The minimum absolute atomic E-state index is 0.124. The van der Waals surface area contributed by atoms with Crippen LogP contribution in [-0.2, 0) is 20.8 Å². The molecule has 3 aromatic rings. The van der Waals surface area contributed by atoms with Crippen LogP contribution in [0, 0.1) is 5.92 Å². The molecule has 2 aliphatic rings. The maximum absolute atomic E-state index is 13.8. The molecule has 0 spiro atoms. The molecular formula is C24H25Cl2N3O4. The van der Waals surface area contributed by atoms with Gasteiger partial charge in [0.05, 0.1) is 34.1 Å². The number of rotatable bonds is 4. The van der Waals surface area contributed by atoms with Crippen molar-refractivity contribution in [2.45, 2.75) is 51.8 Å². The van der Waals surface area contributed by atoms with E-state index in [9.17, 15) is 9.59 Å². The number of aryl methyl sites for hydroxylation is 1. The first-order valence-corrected chi connectivity index (χ1v) is 12.1. The molecule has 2 atom stereocenters. The van der Waals surface area contributed by atoms with Gasteiger partial charge in [-0.15, -0.1) is 0 Å². The highest BCUT2D eigenvalue weighted by atomic mass is 35.5. The maximum atomic E-state index is 13.8. The van der Waals surface area contributed by atoms with Crippen molar-refractivity contribution in [2.75, 3.05) is 13.2 Å². The van der Waals surface area contributed by atoms with Crippen LogP contribution in [-0.4, -0.2) is 39.3 Å². The number of esters is 1. The van der Waals surface area contributed by atoms with Gasteiger partial charge in [-0.05, 0) is 45.1 Å². The van der Waals surface area contributed by atoms with Gasteiger partial charge in [0.25, 0.3) is 0 Å². The van der Waals surface area contributed by atoms with Crippen molar-refractivity contribution in [3.05, 3.63) is 40.3 Å². The molecule has 0 saturated carbocycles. The first-order valence-electron chi connectivity index (χ1n) is 11.4. The molecule has 174 valence electrons. The van der Waals surface area contributed by atoms with E-state index in [0.29, 0.717) is 52.8 Å². The number of hydrogen-bond donors (Lipinski definition) is 0. The maximum Gasteiger partial charge on any atom is 0.316 e. The molecule has 0 radical (unpaired) electrons. The van der Waals surface area contributed by atoms with Crippen molar-refractivity contribution in [2.24, 2.45) is 5.92 Å². The monoisotopic (exact) mass is 489 g/mol. The van der Waals surface area contributed by atoms with Crippen molar-refractivity contribution >= 4 is 45.9 Å². The quantitative estimate of drug-likeness (QED) is 0.348. The number of aromatic nitrogens is 3. The lowest BCUT2D eigenvalue weighted by Gasteiger charge is -2.22. The van der Waals surface area contributed by atoms with Gasteiger partial charge in [-0.3, -0.25) is 9.59 Å². The molecule has 0 aliphatic carbocycles. The number of carbonyl (C=O) groups excluding carboxylic acids is 2. The third-order valence-electron chi connectivity index (χ3n) is 6.45. The second-order valence-corrected chi connectivity index (χ2v) is 9.26. The molecule has 33 heavy (non-hydrogen) atoms. The summed E-state index contributed by atoms with van der Waals surface area (Å²) in [6.45, 7) is 3.23. The number of nitrogens with zero attached hydrogens (tertiary/aromatic N) is 3. The van der Waals surface area contributed by atoms with Gasteiger partial charge in [-0.1, -0.05) is 29.3 Å². The molecule has 4 heterocycles. The van der Waals surface area contributed by atoms with E-state index < -0.39 is 11.9 Å². The smallest absolute Gasteiger partial charge is 0.316 e. The number of halogens is 2. The molecule has 0 bridgehead atoms. The van der Waals surface area contributed by atoms with E-state index in [4.69, 9.17) is 32.7 Å². The van der Waals surface area contributed by atoms with E-state index in [1.165, 1.54) is 0 Å². The van der Waals surface area contributed by atoms with E-state index >= 15 is 0 Å². The van der Waals surface area contributed by atoms with Gasteiger partial charge in [-0.2, -0.15) is 5.10 Å². The average molecular weight is 490 g/mol. The van der Waals surface area contributed by atoms with E-state index in [1.54, 1.807) is 19.2 Å². The second-order valence-electron chi connectivity index (χ2n) is 8.47. The van der Waals surface area contributed by atoms with Crippen LogP contribution >= 0.6 is 23.2 Å². The summed E-state index contributed by atoms with van der Waals surface area (Å²) in [5, 5.41) is 6.16. The summed E-state index contributed by atoms with van der Waals surface area (Å²) >= 11 is 13.0. The van der Waals surface area contributed by atoms with Crippen LogP contribution in [0.15, 0.2) is 24.5 Å². The van der Waals surface area contributed by atoms with E-state index in [2.05, 4.69) is 5.10 Å². The van der Waals surface area contributed by atoms with Crippen LogP contribution in [0.1, 0.15) is 55.7 Å². The summed E-state index contributed by atoms with van der Waals surface area (Å²) in [4.78, 5) is 26.4. The summed E-state index contributed by atoms with van der Waals surface area (Å²) in [5.74, 6) is -1.59. The van der Waals surface area contributed by atoms with E-state index in [-0.39, 0.29) is 18.6 Å². The molecule has 0 N–H and O–H groups in total. The highest BCUT2D eigenvalue weighted by Gasteiger charge is 2.37. The molecule has 1 aromatic carbocycles. The number of carbonyl (C=O) groups is 2. The van der Waals surface area contributed by atoms with Crippen molar-refractivity contribution in [1.29, 1.82) is 0 Å². The van der Waals surface area contributed by atoms with Crippen LogP contribution in [0.25, 0.3) is 22.0 Å². The van der Waals surface area contributed by atoms with Crippen LogP contribution < -0.4 is 0 Å². The highest BCUT2D eigenvalue weighted by Crippen LogP contribution is 2.43. The predicted octanol–water partition coefficient (Wildman–Crippen LogP) is 5.67. The molecule has 1 saturated heterocycles. The van der Waals surface area contributed by atoms with Crippen LogP contribution in [0.5, 0.6) is 0 Å². The number of hydrogen-bond acceptors (Lipinski definition) is 5. The van der Waals surface area contributed by atoms with Crippen molar-refractivity contribution in [1.82, 2.24) is 14.3 Å². The predicted molar refractivity (Wildman–Crippen MR) is 126 cm³/mol. The number of ketones is 1. The van der Waals surface area contributed by atoms with Gasteiger partial charge in [0, 0.05) is 35.9 Å². The van der Waals surface area contributed by atoms with Gasteiger partial charge in [-0.25, -0.2) is 4.68 Å². The summed E-state index contributed by atoms with van der Waals surface area (Å²) < 4.78 is 14.8. The van der Waals surface area contributed by atoms with Crippen LogP contribution in [0.2, 0.25) is 10.0 Å². The van der Waals surface area contributed by atoms with E-state index in [1.807, 2.05) is 21.5 Å². The molecule has 1 fully saturated rings. The Hall–Kier alpha value is -2.35. The lowest BCUT2D eigenvalue weighted by molar-refractivity contribution is -0.146. The summed E-state index contributed by atoms with van der Waals surface area (Å²) in [7, 11) is 0. The normalized spacial score (nSPS) is 21.1. The van der Waals surface area contributed by atoms with Gasteiger partial charge >= 0.3 is 5.97 Å². The Morgan fingerprint density at radius 2 is 2.09 bits per heavy atom. The zero-order valence-electron chi connectivity index (χ0n) is 18.4. The van der Waals surface area contributed by atoms with Gasteiger partial charge in [0.15, 0.2) is 5.78 Å². The molecule has 2 aliphatic heterocycles. The second kappa shape index (κ2) is 9.12. The lowest BCUT2D eigenvalue weighted by Crippen LogP contribution is -2.26. The molecule has 5 rings (SSSR count). The Labute approximate surface area is 201 Å². The molecule has 0 amide bonds.